The fourth-order valence-electron chi connectivity index (χ4n) is 6.84. The van der Waals surface area contributed by atoms with Crippen LogP contribution in [0.15, 0.2) is 12.2 Å². The number of amides is 1. The summed E-state index contributed by atoms with van der Waals surface area (Å²) in [5.74, 6) is -2.37. The van der Waals surface area contributed by atoms with Gasteiger partial charge in [-0.3, -0.25) is 18.6 Å². The molecule has 0 saturated carbocycles. The van der Waals surface area contributed by atoms with Crippen molar-refractivity contribution in [3.63, 3.8) is 0 Å². The number of carboxylic acids is 1. The van der Waals surface area contributed by atoms with E-state index in [1.54, 1.807) is 0 Å². The third-order valence-electron chi connectivity index (χ3n) is 10.6. The summed E-state index contributed by atoms with van der Waals surface area (Å²) in [7, 11) is -4.75. The average Bonchev–Trinajstić information content (AvgIpc) is 3.20. The van der Waals surface area contributed by atoms with Gasteiger partial charge < -0.3 is 25.2 Å². The largest absolute Gasteiger partial charge is 0.480 e. The predicted octanol–water partition coefficient (Wildman–Crippen LogP) is 12.5. The standard InChI is InChI=1S/C46H88NO10P/c1-3-5-7-9-11-13-15-17-18-19-20-21-22-23-24-26-28-30-32-34-36-38-45(50)55-39-42(48)40-56-58(53,54)57-41-43(46(51)52)47-44(49)37-35-33-31-29-27-25-16-14-12-10-8-6-4-2/h14,16,42-43,48H,3-13,15,17-41H2,1-2H3,(H,47,49)(H,51,52)(H,53,54)/b16-14-. The molecule has 0 aliphatic rings. The first kappa shape index (κ1) is 56.2. The van der Waals surface area contributed by atoms with Gasteiger partial charge in [0.05, 0.1) is 13.2 Å². The van der Waals surface area contributed by atoms with Crippen LogP contribution in [0.1, 0.15) is 232 Å². The van der Waals surface area contributed by atoms with Crippen LogP contribution in [-0.4, -0.2) is 64.9 Å². The molecule has 0 aromatic rings. The van der Waals surface area contributed by atoms with Crippen LogP contribution in [0.4, 0.5) is 0 Å². The van der Waals surface area contributed by atoms with Gasteiger partial charge in [0.2, 0.25) is 5.91 Å². The zero-order chi connectivity index (χ0) is 42.8. The molecule has 0 saturated heterocycles. The van der Waals surface area contributed by atoms with Gasteiger partial charge in [-0.25, -0.2) is 9.36 Å². The van der Waals surface area contributed by atoms with E-state index in [0.717, 1.165) is 57.8 Å². The molecular weight excluding hydrogens is 757 g/mol. The maximum absolute atomic E-state index is 12.3. The summed E-state index contributed by atoms with van der Waals surface area (Å²) in [6.07, 6.45) is 42.4. The predicted molar refractivity (Wildman–Crippen MR) is 236 cm³/mol. The molecule has 0 rings (SSSR count). The van der Waals surface area contributed by atoms with Gasteiger partial charge in [0, 0.05) is 12.8 Å². The molecule has 11 nitrogen and oxygen atoms in total. The Balaban J connectivity index is 3.80. The number of carbonyl (C=O) groups excluding carboxylic acids is 2. The van der Waals surface area contributed by atoms with Gasteiger partial charge in [-0.2, -0.15) is 0 Å². The summed E-state index contributed by atoms with van der Waals surface area (Å²) in [6.45, 7) is 2.60. The zero-order valence-corrected chi connectivity index (χ0v) is 38.0. The summed E-state index contributed by atoms with van der Waals surface area (Å²) >= 11 is 0. The van der Waals surface area contributed by atoms with E-state index in [1.807, 2.05) is 0 Å². The van der Waals surface area contributed by atoms with Gasteiger partial charge in [0.15, 0.2) is 6.04 Å². The first-order valence-electron chi connectivity index (χ1n) is 23.7. The summed E-state index contributed by atoms with van der Waals surface area (Å²) < 4.78 is 26.9. The molecule has 1 amide bonds. The fraction of sp³-hybridized carbons (Fsp3) is 0.891. The summed E-state index contributed by atoms with van der Waals surface area (Å²) in [6, 6.07) is -1.55. The molecule has 58 heavy (non-hydrogen) atoms. The minimum absolute atomic E-state index is 0.138. The number of hydrogen-bond donors (Lipinski definition) is 4. The average molecular weight is 846 g/mol. The van der Waals surface area contributed by atoms with Crippen LogP contribution in [-0.2, 0) is 32.7 Å². The van der Waals surface area contributed by atoms with Crippen molar-refractivity contribution >= 4 is 25.7 Å². The van der Waals surface area contributed by atoms with Crippen molar-refractivity contribution in [2.24, 2.45) is 0 Å². The number of aliphatic hydroxyl groups excluding tert-OH is 1. The molecule has 12 heteroatoms. The summed E-state index contributed by atoms with van der Waals surface area (Å²) in [5.41, 5.74) is 0. The smallest absolute Gasteiger partial charge is 0.472 e. The number of nitrogens with one attached hydrogen (secondary N) is 1. The number of rotatable bonds is 45. The number of carbonyl (C=O) groups is 3. The van der Waals surface area contributed by atoms with E-state index in [9.17, 15) is 34.1 Å². The summed E-state index contributed by atoms with van der Waals surface area (Å²) in [5, 5.41) is 21.8. The molecule has 0 radical (unpaired) electrons. The number of phosphoric acid groups is 1. The maximum atomic E-state index is 12.3. The number of esters is 1. The van der Waals surface area contributed by atoms with Crippen molar-refractivity contribution in [3.05, 3.63) is 12.2 Å². The van der Waals surface area contributed by atoms with E-state index >= 15 is 0 Å². The Morgan fingerprint density at radius 1 is 0.534 bits per heavy atom. The minimum Gasteiger partial charge on any atom is -0.480 e. The van der Waals surface area contributed by atoms with Gasteiger partial charge in [0.1, 0.15) is 12.7 Å². The molecule has 342 valence electrons. The Kier molecular flexibility index (Phi) is 40.6. The van der Waals surface area contributed by atoms with E-state index in [1.165, 1.54) is 135 Å². The highest BCUT2D eigenvalue weighted by atomic mass is 31.2. The zero-order valence-electron chi connectivity index (χ0n) is 37.1. The van der Waals surface area contributed by atoms with Crippen molar-refractivity contribution in [1.29, 1.82) is 0 Å². The molecule has 0 spiro atoms. The van der Waals surface area contributed by atoms with Gasteiger partial charge in [-0.1, -0.05) is 193 Å². The topological polar surface area (TPSA) is 169 Å². The number of unbranched alkanes of at least 4 members (excludes halogenated alkanes) is 29. The lowest BCUT2D eigenvalue weighted by Gasteiger charge is -2.18. The number of hydrogen-bond acceptors (Lipinski definition) is 8. The van der Waals surface area contributed by atoms with Crippen LogP contribution in [0.25, 0.3) is 0 Å². The lowest BCUT2D eigenvalue weighted by atomic mass is 10.0. The Bertz CT molecular complexity index is 1040. The third-order valence-corrected chi connectivity index (χ3v) is 11.5. The quantitative estimate of drug-likeness (QED) is 0.0200. The molecular formula is C46H88NO10P. The lowest BCUT2D eigenvalue weighted by molar-refractivity contribution is -0.147. The van der Waals surface area contributed by atoms with Crippen molar-refractivity contribution in [3.8, 4) is 0 Å². The van der Waals surface area contributed by atoms with E-state index in [2.05, 4.69) is 31.3 Å². The molecule has 3 unspecified atom stereocenters. The minimum atomic E-state index is -4.75. The Hall–Kier alpha value is -1.78. The first-order valence-corrected chi connectivity index (χ1v) is 25.2. The van der Waals surface area contributed by atoms with Crippen LogP contribution in [0, 0.1) is 0 Å². The van der Waals surface area contributed by atoms with E-state index in [-0.39, 0.29) is 12.8 Å². The summed E-state index contributed by atoms with van der Waals surface area (Å²) in [4.78, 5) is 45.9. The number of aliphatic carboxylic acids is 1. The van der Waals surface area contributed by atoms with Crippen LogP contribution >= 0.6 is 7.82 Å². The highest BCUT2D eigenvalue weighted by Gasteiger charge is 2.28. The molecule has 4 N–H and O–H groups in total. The van der Waals surface area contributed by atoms with Gasteiger partial charge in [-0.15, -0.1) is 0 Å². The molecule has 0 aliphatic heterocycles. The van der Waals surface area contributed by atoms with E-state index in [4.69, 9.17) is 13.8 Å². The molecule has 0 fully saturated rings. The van der Waals surface area contributed by atoms with Crippen LogP contribution in [0.3, 0.4) is 0 Å². The molecule has 0 aromatic heterocycles. The number of ether oxygens (including phenoxy) is 1. The second-order valence-corrected chi connectivity index (χ2v) is 17.8. The molecule has 0 aromatic carbocycles. The Morgan fingerprint density at radius 2 is 0.897 bits per heavy atom. The van der Waals surface area contributed by atoms with E-state index in [0.29, 0.717) is 12.8 Å². The van der Waals surface area contributed by atoms with Crippen LogP contribution < -0.4 is 5.32 Å². The van der Waals surface area contributed by atoms with Gasteiger partial charge in [-0.05, 0) is 38.5 Å². The SMILES string of the molecule is CCCCCC/C=C\CCCCCCCC(=O)NC(COP(=O)(O)OCC(O)COC(=O)CCCCCCCCCCCCCCCCCCCCCCC)C(=O)O. The number of aliphatic hydroxyl groups is 1. The second-order valence-electron chi connectivity index (χ2n) is 16.3. The van der Waals surface area contributed by atoms with E-state index < -0.39 is 57.6 Å². The molecule has 3 atom stereocenters. The first-order chi connectivity index (χ1) is 28.1. The van der Waals surface area contributed by atoms with Crippen molar-refractivity contribution < 1.29 is 47.8 Å². The number of phosphoric ester groups is 1. The van der Waals surface area contributed by atoms with Crippen molar-refractivity contribution in [2.75, 3.05) is 19.8 Å². The van der Waals surface area contributed by atoms with Gasteiger partial charge in [0.25, 0.3) is 0 Å². The molecule has 0 aliphatic carbocycles. The van der Waals surface area contributed by atoms with Gasteiger partial charge >= 0.3 is 19.8 Å². The normalized spacial score (nSPS) is 13.7. The fourth-order valence-corrected chi connectivity index (χ4v) is 7.61. The maximum Gasteiger partial charge on any atom is 0.472 e. The molecule has 0 heterocycles. The van der Waals surface area contributed by atoms with Crippen LogP contribution in [0.5, 0.6) is 0 Å². The highest BCUT2D eigenvalue weighted by Crippen LogP contribution is 2.43. The molecule has 0 bridgehead atoms. The monoisotopic (exact) mass is 846 g/mol. The van der Waals surface area contributed by atoms with Crippen LogP contribution in [0.2, 0.25) is 0 Å². The number of carboxylic acid groups (broad SMARTS) is 1. The second kappa shape index (κ2) is 41.9. The number of allylic oxidation sites excluding steroid dienone is 2. The lowest BCUT2D eigenvalue weighted by Crippen LogP contribution is -2.43. The van der Waals surface area contributed by atoms with Crippen molar-refractivity contribution in [2.45, 2.75) is 244 Å². The Morgan fingerprint density at radius 3 is 1.33 bits per heavy atom. The third kappa shape index (κ3) is 41.0. The Labute approximate surface area is 354 Å². The van der Waals surface area contributed by atoms with Crippen molar-refractivity contribution in [1.82, 2.24) is 5.32 Å². The highest BCUT2D eigenvalue weighted by molar-refractivity contribution is 7.47.